The molecule has 11 nitrogen and oxygen atoms in total. The van der Waals surface area contributed by atoms with E-state index in [2.05, 4.69) is 15.3 Å². The summed E-state index contributed by atoms with van der Waals surface area (Å²) >= 11 is 0. The second-order valence-corrected chi connectivity index (χ2v) is 8.65. The van der Waals surface area contributed by atoms with E-state index < -0.39 is 11.2 Å². The second-order valence-electron chi connectivity index (χ2n) is 8.65. The number of carbonyl (C=O) groups is 1. The molecule has 4 heterocycles. The van der Waals surface area contributed by atoms with Crippen LogP contribution in [0.25, 0.3) is 22.6 Å². The van der Waals surface area contributed by atoms with Gasteiger partial charge < -0.3 is 9.88 Å². The maximum atomic E-state index is 12.7. The first kappa shape index (κ1) is 21.8. The van der Waals surface area contributed by atoms with Crippen molar-refractivity contribution in [2.45, 2.75) is 44.8 Å². The Balaban J connectivity index is 1.35. The molecule has 0 atom stereocenters. The van der Waals surface area contributed by atoms with Gasteiger partial charge in [0.2, 0.25) is 5.91 Å². The molecule has 0 unspecified atom stereocenters. The molecule has 4 aromatic rings. The van der Waals surface area contributed by atoms with E-state index in [1.807, 2.05) is 28.9 Å². The molecule has 1 fully saturated rings. The van der Waals surface area contributed by atoms with Crippen LogP contribution < -0.4 is 16.6 Å². The maximum absolute atomic E-state index is 12.7. The summed E-state index contributed by atoms with van der Waals surface area (Å²) in [7, 11) is 2.95. The number of imidazole rings is 1. The van der Waals surface area contributed by atoms with Crippen molar-refractivity contribution >= 4 is 17.1 Å². The smallest absolute Gasteiger partial charge is 0.332 e. The van der Waals surface area contributed by atoms with Gasteiger partial charge in [-0.1, -0.05) is 18.9 Å². The topological polar surface area (TPSA) is 122 Å². The highest BCUT2D eigenvalue weighted by Gasteiger charge is 2.23. The van der Waals surface area contributed by atoms with Crippen LogP contribution in [-0.2, 0) is 32.0 Å². The zero-order chi connectivity index (χ0) is 23.8. The van der Waals surface area contributed by atoms with Crippen molar-refractivity contribution in [1.82, 2.24) is 38.8 Å². The van der Waals surface area contributed by atoms with Gasteiger partial charge in [0.15, 0.2) is 11.2 Å². The number of aryl methyl sites for hydroxylation is 1. The van der Waals surface area contributed by atoms with Gasteiger partial charge in [0, 0.05) is 20.3 Å². The minimum atomic E-state index is -0.487. The summed E-state index contributed by atoms with van der Waals surface area (Å²) in [5.41, 5.74) is 2.05. The van der Waals surface area contributed by atoms with Crippen molar-refractivity contribution in [2.75, 3.05) is 0 Å². The lowest BCUT2D eigenvalue weighted by molar-refractivity contribution is -0.121. The highest BCUT2D eigenvalue weighted by molar-refractivity contribution is 5.78. The van der Waals surface area contributed by atoms with Crippen LogP contribution in [0.5, 0.6) is 0 Å². The number of nitrogens with zero attached hydrogens (tertiary/aromatic N) is 7. The first-order valence-electron chi connectivity index (χ1n) is 11.3. The third-order valence-electron chi connectivity index (χ3n) is 6.38. The van der Waals surface area contributed by atoms with Crippen LogP contribution in [0.3, 0.4) is 0 Å². The molecular weight excluding hydrogens is 436 g/mol. The number of nitrogens with one attached hydrogen (secondary N) is 1. The first-order chi connectivity index (χ1) is 16.4. The number of hydrogen-bond donors (Lipinski definition) is 1. The molecule has 34 heavy (non-hydrogen) atoms. The quantitative estimate of drug-likeness (QED) is 0.458. The Hall–Kier alpha value is -4.02. The van der Waals surface area contributed by atoms with Crippen LogP contribution in [-0.4, -0.2) is 39.4 Å². The maximum Gasteiger partial charge on any atom is 0.332 e. The van der Waals surface area contributed by atoms with Crippen LogP contribution in [0.15, 0.2) is 46.4 Å². The van der Waals surface area contributed by atoms with E-state index in [1.54, 1.807) is 13.2 Å². The van der Waals surface area contributed by atoms with Crippen molar-refractivity contribution in [3.8, 4) is 11.4 Å². The van der Waals surface area contributed by atoms with Gasteiger partial charge in [-0.2, -0.15) is 5.10 Å². The third-order valence-corrected chi connectivity index (χ3v) is 6.38. The number of fused-ring (bicyclic) bond motifs is 1. The van der Waals surface area contributed by atoms with Gasteiger partial charge in [-0.3, -0.25) is 28.4 Å². The largest absolute Gasteiger partial charge is 0.349 e. The van der Waals surface area contributed by atoms with Crippen molar-refractivity contribution in [1.29, 1.82) is 0 Å². The van der Waals surface area contributed by atoms with Crippen LogP contribution >= 0.6 is 0 Å². The van der Waals surface area contributed by atoms with Crippen LogP contribution in [0.2, 0.25) is 0 Å². The average molecular weight is 463 g/mol. The summed E-state index contributed by atoms with van der Waals surface area (Å²) in [4.78, 5) is 46.0. The van der Waals surface area contributed by atoms with Crippen molar-refractivity contribution in [2.24, 2.45) is 14.1 Å². The van der Waals surface area contributed by atoms with Crippen LogP contribution in [0.4, 0.5) is 0 Å². The minimum absolute atomic E-state index is 0.0968. The Morgan fingerprint density at radius 2 is 1.91 bits per heavy atom. The van der Waals surface area contributed by atoms with Crippen molar-refractivity contribution in [3.63, 3.8) is 0 Å². The summed E-state index contributed by atoms with van der Waals surface area (Å²) in [6.07, 6.45) is 7.69. The summed E-state index contributed by atoms with van der Waals surface area (Å²) in [5.74, 6) is -0.287. The summed E-state index contributed by atoms with van der Waals surface area (Å²) in [6.45, 7) is 0.155. The molecule has 0 bridgehead atoms. The zero-order valence-corrected chi connectivity index (χ0v) is 19.1. The van der Waals surface area contributed by atoms with Gasteiger partial charge in [0.25, 0.3) is 5.56 Å². The second kappa shape index (κ2) is 8.73. The van der Waals surface area contributed by atoms with E-state index in [-0.39, 0.29) is 30.2 Å². The van der Waals surface area contributed by atoms with E-state index in [9.17, 15) is 14.4 Å². The van der Waals surface area contributed by atoms with Gasteiger partial charge in [-0.25, -0.2) is 9.78 Å². The Bertz CT molecular complexity index is 1470. The summed E-state index contributed by atoms with van der Waals surface area (Å²) < 4.78 is 5.81. The van der Waals surface area contributed by atoms with Crippen molar-refractivity contribution in [3.05, 3.63) is 63.3 Å². The SMILES string of the molecule is Cn1c(=O)c2c(ncn2CC(=O)NCc2cc(-c3ccccn3)n(C3CCCC3)n2)n(C)c1=O. The van der Waals surface area contributed by atoms with E-state index >= 15 is 0 Å². The average Bonchev–Trinajstić information content (AvgIpc) is 3.60. The number of hydrogen-bond acceptors (Lipinski definition) is 6. The Morgan fingerprint density at radius 3 is 2.65 bits per heavy atom. The van der Waals surface area contributed by atoms with Gasteiger partial charge in [-0.15, -0.1) is 0 Å². The van der Waals surface area contributed by atoms with Gasteiger partial charge in [-0.05, 0) is 31.0 Å². The Labute approximate surface area is 194 Å². The first-order valence-corrected chi connectivity index (χ1v) is 11.3. The molecule has 0 aliphatic heterocycles. The van der Waals surface area contributed by atoms with E-state index in [0.29, 0.717) is 6.04 Å². The molecular formula is C23H26N8O3. The molecule has 0 aromatic carbocycles. The number of pyridine rings is 1. The van der Waals surface area contributed by atoms with Crippen LogP contribution in [0.1, 0.15) is 37.4 Å². The number of aromatic nitrogens is 7. The normalized spacial score (nSPS) is 14.2. The standard InChI is InChI=1S/C23H26N8O3/c1-28-21-20(22(33)29(2)23(28)34)30(14-26-21)13-19(32)25-12-15-11-18(17-9-5-6-10-24-17)31(27-15)16-7-3-4-8-16/h5-6,9-11,14,16H,3-4,7-8,12-13H2,1-2H3,(H,25,32). The lowest BCUT2D eigenvalue weighted by Crippen LogP contribution is -2.38. The van der Waals surface area contributed by atoms with Gasteiger partial charge in [0.05, 0.1) is 36.0 Å². The van der Waals surface area contributed by atoms with E-state index in [0.717, 1.165) is 34.5 Å². The predicted octanol–water partition coefficient (Wildman–Crippen LogP) is 1.12. The molecule has 176 valence electrons. The molecule has 1 aliphatic carbocycles. The number of carbonyl (C=O) groups excluding carboxylic acids is 1. The number of amides is 1. The summed E-state index contributed by atoms with van der Waals surface area (Å²) in [6, 6.07) is 8.10. The molecule has 1 amide bonds. The molecule has 4 aromatic heterocycles. The minimum Gasteiger partial charge on any atom is -0.349 e. The van der Waals surface area contributed by atoms with Gasteiger partial charge in [0.1, 0.15) is 6.54 Å². The lowest BCUT2D eigenvalue weighted by Gasteiger charge is -2.13. The Morgan fingerprint density at radius 1 is 1.12 bits per heavy atom. The Kier molecular flexibility index (Phi) is 5.60. The highest BCUT2D eigenvalue weighted by atomic mass is 16.2. The van der Waals surface area contributed by atoms with E-state index in [4.69, 9.17) is 5.10 Å². The molecule has 1 saturated carbocycles. The molecule has 0 saturated heterocycles. The molecule has 0 radical (unpaired) electrons. The lowest BCUT2D eigenvalue weighted by atomic mass is 10.2. The molecule has 5 rings (SSSR count). The van der Waals surface area contributed by atoms with Gasteiger partial charge >= 0.3 is 5.69 Å². The fourth-order valence-corrected chi connectivity index (χ4v) is 4.58. The van der Waals surface area contributed by atoms with Crippen molar-refractivity contribution < 1.29 is 4.79 Å². The molecule has 1 N–H and O–H groups in total. The molecule has 11 heteroatoms. The number of rotatable bonds is 6. The zero-order valence-electron chi connectivity index (χ0n) is 19.1. The summed E-state index contributed by atoms with van der Waals surface area (Å²) in [5, 5.41) is 7.67. The third kappa shape index (κ3) is 3.82. The molecule has 0 spiro atoms. The monoisotopic (exact) mass is 462 g/mol. The fraction of sp³-hybridized carbons (Fsp3) is 0.391. The highest BCUT2D eigenvalue weighted by Crippen LogP contribution is 2.33. The van der Waals surface area contributed by atoms with E-state index in [1.165, 1.54) is 35.4 Å². The predicted molar refractivity (Wildman–Crippen MR) is 125 cm³/mol. The van der Waals surface area contributed by atoms with Crippen LogP contribution in [0, 0.1) is 0 Å². The molecule has 1 aliphatic rings. The fourth-order valence-electron chi connectivity index (χ4n) is 4.58.